The van der Waals surface area contributed by atoms with Gasteiger partial charge in [-0.1, -0.05) is 11.6 Å². The van der Waals surface area contributed by atoms with Crippen LogP contribution in [-0.2, 0) is 6.54 Å². The molecule has 0 amide bonds. The van der Waals surface area contributed by atoms with Gasteiger partial charge in [0.1, 0.15) is 0 Å². The van der Waals surface area contributed by atoms with Crippen LogP contribution < -0.4 is 5.32 Å². The van der Waals surface area contributed by atoms with Crippen molar-refractivity contribution in [2.75, 3.05) is 7.05 Å². The second-order valence-electron chi connectivity index (χ2n) is 7.88. The molecule has 0 aromatic carbocycles. The van der Waals surface area contributed by atoms with Crippen LogP contribution in [0.1, 0.15) is 44.2 Å². The van der Waals surface area contributed by atoms with Crippen LogP contribution in [0.3, 0.4) is 0 Å². The average Bonchev–Trinajstić information content (AvgIpc) is 2.74. The molecule has 4 heteroatoms. The van der Waals surface area contributed by atoms with Gasteiger partial charge in [-0.05, 0) is 75.7 Å². The summed E-state index contributed by atoms with van der Waals surface area (Å²) in [4.78, 5) is 0. The average molecular weight is 308 g/mol. The summed E-state index contributed by atoms with van der Waals surface area (Å²) >= 11 is 6.17. The van der Waals surface area contributed by atoms with Gasteiger partial charge in [0.2, 0.25) is 0 Å². The highest BCUT2D eigenvalue weighted by molar-refractivity contribution is 6.31. The molecule has 1 N–H and O–H groups in total. The van der Waals surface area contributed by atoms with E-state index in [4.69, 9.17) is 11.6 Å². The van der Waals surface area contributed by atoms with Crippen LogP contribution >= 0.6 is 11.6 Å². The monoisotopic (exact) mass is 307 g/mol. The van der Waals surface area contributed by atoms with Crippen molar-refractivity contribution in [1.29, 1.82) is 0 Å². The van der Waals surface area contributed by atoms with E-state index in [1.165, 1.54) is 38.5 Å². The van der Waals surface area contributed by atoms with E-state index < -0.39 is 0 Å². The molecular formula is C17H26ClN3. The Labute approximate surface area is 132 Å². The molecule has 1 heterocycles. The number of hydrogen-bond acceptors (Lipinski definition) is 2. The number of nitrogens with zero attached hydrogens (tertiary/aromatic N) is 2. The molecule has 1 unspecified atom stereocenters. The molecule has 4 fully saturated rings. The lowest BCUT2D eigenvalue weighted by Gasteiger charge is -2.59. The van der Waals surface area contributed by atoms with E-state index in [1.807, 2.05) is 0 Å². The Balaban J connectivity index is 1.59. The second kappa shape index (κ2) is 4.99. The molecule has 4 aliphatic rings. The predicted molar refractivity (Wildman–Crippen MR) is 85.4 cm³/mol. The molecule has 116 valence electrons. The molecule has 5 rings (SSSR count). The highest BCUT2D eigenvalue weighted by Crippen LogP contribution is 2.61. The van der Waals surface area contributed by atoms with E-state index in [2.05, 4.69) is 29.1 Å². The molecule has 1 aromatic heterocycles. The third kappa shape index (κ3) is 2.24. The molecule has 4 saturated carbocycles. The summed E-state index contributed by atoms with van der Waals surface area (Å²) in [5.74, 6) is 2.98. The van der Waals surface area contributed by atoms with Crippen molar-refractivity contribution < 1.29 is 0 Å². The number of halogens is 1. The Bertz CT molecular complexity index is 501. The lowest BCUT2D eigenvalue weighted by atomic mass is 9.47. The van der Waals surface area contributed by atoms with Gasteiger partial charge in [0, 0.05) is 6.04 Å². The van der Waals surface area contributed by atoms with E-state index in [-0.39, 0.29) is 0 Å². The van der Waals surface area contributed by atoms with Crippen molar-refractivity contribution in [3.8, 4) is 0 Å². The molecule has 0 spiro atoms. The Hall–Kier alpha value is -0.540. The van der Waals surface area contributed by atoms with E-state index in [0.29, 0.717) is 11.5 Å². The lowest BCUT2D eigenvalue weighted by molar-refractivity contribution is -0.0759. The maximum Gasteiger partial charge on any atom is 0.0814 e. The van der Waals surface area contributed by atoms with Gasteiger partial charge < -0.3 is 5.32 Å². The molecular weight excluding hydrogens is 282 g/mol. The molecule has 4 bridgehead atoms. The van der Waals surface area contributed by atoms with Gasteiger partial charge in [-0.15, -0.1) is 0 Å². The zero-order chi connectivity index (χ0) is 14.6. The minimum absolute atomic E-state index is 0.508. The van der Waals surface area contributed by atoms with Crippen molar-refractivity contribution in [3.63, 3.8) is 0 Å². The maximum absolute atomic E-state index is 6.17. The zero-order valence-corrected chi connectivity index (χ0v) is 13.9. The van der Waals surface area contributed by atoms with Crippen LogP contribution in [0.5, 0.6) is 0 Å². The van der Waals surface area contributed by atoms with Crippen LogP contribution in [0.25, 0.3) is 0 Å². The van der Waals surface area contributed by atoms with Crippen molar-refractivity contribution >= 4 is 11.6 Å². The minimum Gasteiger partial charge on any atom is -0.315 e. The SMILES string of the molecule is CNC(Cn1ncc(Cl)c1C)C12CC3CC(CC(C3)C1)C2. The highest BCUT2D eigenvalue weighted by atomic mass is 35.5. The van der Waals surface area contributed by atoms with Crippen LogP contribution in [0, 0.1) is 30.1 Å². The van der Waals surface area contributed by atoms with Crippen molar-refractivity contribution in [3.05, 3.63) is 16.9 Å². The summed E-state index contributed by atoms with van der Waals surface area (Å²) < 4.78 is 2.10. The van der Waals surface area contributed by atoms with Gasteiger partial charge in [0.05, 0.1) is 23.5 Å². The fourth-order valence-electron chi connectivity index (χ4n) is 5.98. The molecule has 4 aliphatic carbocycles. The van der Waals surface area contributed by atoms with Crippen LogP contribution in [0.2, 0.25) is 5.02 Å². The van der Waals surface area contributed by atoms with Gasteiger partial charge in [-0.2, -0.15) is 5.10 Å². The first-order chi connectivity index (χ1) is 10.1. The predicted octanol–water partition coefficient (Wildman–Crippen LogP) is 3.65. The van der Waals surface area contributed by atoms with Gasteiger partial charge in [0.25, 0.3) is 0 Å². The Morgan fingerprint density at radius 2 is 1.86 bits per heavy atom. The Morgan fingerprint density at radius 1 is 1.29 bits per heavy atom. The first-order valence-corrected chi connectivity index (χ1v) is 8.82. The molecule has 21 heavy (non-hydrogen) atoms. The third-order valence-electron chi connectivity index (χ3n) is 6.57. The lowest BCUT2D eigenvalue weighted by Crippen LogP contribution is -2.56. The van der Waals surface area contributed by atoms with Gasteiger partial charge >= 0.3 is 0 Å². The van der Waals surface area contributed by atoms with Crippen molar-refractivity contribution in [1.82, 2.24) is 15.1 Å². The standard InChI is InChI=1S/C17H26ClN3/c1-11-15(18)9-20-21(11)10-16(19-2)17-6-12-3-13(7-17)5-14(4-12)8-17/h9,12-14,16,19H,3-8,10H2,1-2H3. The normalized spacial score (nSPS) is 38.9. The number of nitrogens with one attached hydrogen (secondary N) is 1. The molecule has 1 atom stereocenters. The summed E-state index contributed by atoms with van der Waals surface area (Å²) in [7, 11) is 2.13. The summed E-state index contributed by atoms with van der Waals surface area (Å²) in [5, 5.41) is 8.90. The topological polar surface area (TPSA) is 29.9 Å². The zero-order valence-electron chi connectivity index (χ0n) is 13.1. The van der Waals surface area contributed by atoms with E-state index >= 15 is 0 Å². The summed E-state index contributed by atoms with van der Waals surface area (Å²) in [6.45, 7) is 3.03. The Kier molecular flexibility index (Phi) is 3.34. The minimum atomic E-state index is 0.508. The second-order valence-corrected chi connectivity index (χ2v) is 8.29. The first-order valence-electron chi connectivity index (χ1n) is 8.45. The quantitative estimate of drug-likeness (QED) is 0.920. The third-order valence-corrected chi connectivity index (χ3v) is 6.94. The summed E-state index contributed by atoms with van der Waals surface area (Å²) in [6.07, 6.45) is 10.6. The molecule has 0 aliphatic heterocycles. The molecule has 1 aromatic rings. The fraction of sp³-hybridized carbons (Fsp3) is 0.824. The highest BCUT2D eigenvalue weighted by Gasteiger charge is 2.53. The maximum atomic E-state index is 6.17. The van der Waals surface area contributed by atoms with Crippen LogP contribution in [0.15, 0.2) is 6.20 Å². The van der Waals surface area contributed by atoms with Crippen LogP contribution in [0.4, 0.5) is 0 Å². The number of likely N-dealkylation sites (N-methyl/N-ethyl adjacent to an activating group) is 1. The van der Waals surface area contributed by atoms with Crippen molar-refractivity contribution in [2.45, 2.75) is 58.0 Å². The van der Waals surface area contributed by atoms with E-state index in [9.17, 15) is 0 Å². The largest absolute Gasteiger partial charge is 0.315 e. The summed E-state index contributed by atoms with van der Waals surface area (Å²) in [6, 6.07) is 0.528. The van der Waals surface area contributed by atoms with Gasteiger partial charge in [0.15, 0.2) is 0 Å². The van der Waals surface area contributed by atoms with Gasteiger partial charge in [-0.25, -0.2) is 0 Å². The number of aromatic nitrogens is 2. The van der Waals surface area contributed by atoms with Crippen molar-refractivity contribution in [2.24, 2.45) is 23.2 Å². The van der Waals surface area contributed by atoms with E-state index in [1.54, 1.807) is 6.20 Å². The van der Waals surface area contributed by atoms with Crippen LogP contribution in [-0.4, -0.2) is 22.9 Å². The fourth-order valence-corrected chi connectivity index (χ4v) is 6.12. The first kappa shape index (κ1) is 14.1. The summed E-state index contributed by atoms with van der Waals surface area (Å²) in [5.41, 5.74) is 1.61. The molecule has 0 radical (unpaired) electrons. The number of rotatable bonds is 4. The number of hydrogen-bond donors (Lipinski definition) is 1. The van der Waals surface area contributed by atoms with E-state index in [0.717, 1.165) is 35.0 Å². The Morgan fingerprint density at radius 3 is 2.29 bits per heavy atom. The molecule has 3 nitrogen and oxygen atoms in total. The smallest absolute Gasteiger partial charge is 0.0814 e. The molecule has 0 saturated heterocycles. The van der Waals surface area contributed by atoms with Gasteiger partial charge in [-0.3, -0.25) is 4.68 Å².